The lowest BCUT2D eigenvalue weighted by Gasteiger charge is -2.32. The van der Waals surface area contributed by atoms with Gasteiger partial charge in [0.1, 0.15) is 0 Å². The number of sulfonamides is 1. The Morgan fingerprint density at radius 3 is 2.48 bits per heavy atom. The summed E-state index contributed by atoms with van der Waals surface area (Å²) in [5.41, 5.74) is 1.06. The zero-order chi connectivity index (χ0) is 18.9. The third kappa shape index (κ3) is 4.00. The molecule has 0 spiro atoms. The molecule has 1 aromatic heterocycles. The highest BCUT2D eigenvalue weighted by molar-refractivity contribution is 9.10. The number of nitrogens with zero attached hydrogens (tertiary/aromatic N) is 2. The summed E-state index contributed by atoms with van der Waals surface area (Å²) >= 11 is 3.34. The van der Waals surface area contributed by atoms with E-state index in [1.165, 1.54) is 0 Å². The summed E-state index contributed by atoms with van der Waals surface area (Å²) in [6, 6.07) is 15.3. The second kappa shape index (κ2) is 7.58. The molecule has 1 aliphatic rings. The van der Waals surface area contributed by atoms with Crippen LogP contribution in [0.4, 0.5) is 5.69 Å². The molecular formula is C20H20BrN3O2S. The minimum absolute atomic E-state index is 0.264. The van der Waals surface area contributed by atoms with Gasteiger partial charge >= 0.3 is 0 Å². The Labute approximate surface area is 167 Å². The molecule has 1 saturated heterocycles. The van der Waals surface area contributed by atoms with Gasteiger partial charge in [0.15, 0.2) is 0 Å². The number of hydrogen-bond donors (Lipinski definition) is 1. The molecular weight excluding hydrogens is 426 g/mol. The molecule has 7 heteroatoms. The van der Waals surface area contributed by atoms with Crippen molar-refractivity contribution >= 4 is 42.4 Å². The zero-order valence-electron chi connectivity index (χ0n) is 14.7. The van der Waals surface area contributed by atoms with E-state index in [4.69, 9.17) is 0 Å². The monoisotopic (exact) mass is 445 g/mol. The molecule has 2 heterocycles. The first-order valence-electron chi connectivity index (χ1n) is 8.88. The molecule has 0 saturated carbocycles. The Morgan fingerprint density at radius 1 is 1.00 bits per heavy atom. The number of anilines is 1. The molecule has 0 radical (unpaired) electrons. The normalized spacial score (nSPS) is 16.5. The van der Waals surface area contributed by atoms with E-state index in [1.807, 2.05) is 12.3 Å². The average Bonchev–Trinajstić information content (AvgIpc) is 2.69. The van der Waals surface area contributed by atoms with Crippen molar-refractivity contribution in [1.29, 1.82) is 0 Å². The van der Waals surface area contributed by atoms with Crippen LogP contribution in [0.1, 0.15) is 12.8 Å². The summed E-state index contributed by atoms with van der Waals surface area (Å²) in [4.78, 5) is 4.48. The van der Waals surface area contributed by atoms with E-state index in [2.05, 4.69) is 44.4 Å². The zero-order valence-corrected chi connectivity index (χ0v) is 17.1. The molecule has 0 aliphatic carbocycles. The number of aromatic nitrogens is 1. The lowest BCUT2D eigenvalue weighted by molar-refractivity contribution is 0.330. The molecule has 1 fully saturated rings. The van der Waals surface area contributed by atoms with Gasteiger partial charge in [-0.25, -0.2) is 8.42 Å². The van der Waals surface area contributed by atoms with Gasteiger partial charge in [0.05, 0.1) is 4.90 Å². The smallest absolute Gasteiger partial charge is 0.243 e. The fourth-order valence-corrected chi connectivity index (χ4v) is 5.14. The van der Waals surface area contributed by atoms with Crippen LogP contribution in [0.25, 0.3) is 10.8 Å². The Bertz CT molecular complexity index is 1050. The maximum atomic E-state index is 12.8. The molecule has 0 amide bonds. The maximum absolute atomic E-state index is 12.8. The number of halogens is 1. The summed E-state index contributed by atoms with van der Waals surface area (Å²) in [5.74, 6) is 0. The highest BCUT2D eigenvalue weighted by atomic mass is 79.9. The first-order valence-corrected chi connectivity index (χ1v) is 11.1. The third-order valence-electron chi connectivity index (χ3n) is 4.92. The Morgan fingerprint density at radius 2 is 1.74 bits per heavy atom. The molecule has 1 N–H and O–H groups in total. The lowest BCUT2D eigenvalue weighted by atomic mass is 10.1. The Kier molecular flexibility index (Phi) is 5.16. The van der Waals surface area contributed by atoms with Gasteiger partial charge in [0.25, 0.3) is 0 Å². The van der Waals surface area contributed by atoms with Crippen LogP contribution < -0.4 is 5.32 Å². The number of benzene rings is 2. The fraction of sp³-hybridized carbons (Fsp3) is 0.250. The molecule has 2 aromatic carbocycles. The summed E-state index contributed by atoms with van der Waals surface area (Å²) < 4.78 is 28.0. The summed E-state index contributed by atoms with van der Waals surface area (Å²) in [6.07, 6.45) is 5.20. The van der Waals surface area contributed by atoms with Crippen molar-refractivity contribution in [2.45, 2.75) is 23.8 Å². The Balaban J connectivity index is 1.41. The number of hydrogen-bond acceptors (Lipinski definition) is 4. The molecule has 27 heavy (non-hydrogen) atoms. The van der Waals surface area contributed by atoms with Gasteiger partial charge in [-0.05, 0) is 60.7 Å². The first kappa shape index (κ1) is 18.4. The van der Waals surface area contributed by atoms with Gasteiger partial charge in [0.2, 0.25) is 10.0 Å². The van der Waals surface area contributed by atoms with Crippen molar-refractivity contribution in [1.82, 2.24) is 9.29 Å². The van der Waals surface area contributed by atoms with E-state index in [0.717, 1.165) is 33.8 Å². The number of piperidine rings is 1. The quantitative estimate of drug-likeness (QED) is 0.651. The van der Waals surface area contributed by atoms with Gasteiger partial charge < -0.3 is 5.32 Å². The average molecular weight is 446 g/mol. The minimum atomic E-state index is -3.43. The lowest BCUT2D eigenvalue weighted by Crippen LogP contribution is -2.42. The highest BCUT2D eigenvalue weighted by Crippen LogP contribution is 2.25. The molecule has 140 valence electrons. The molecule has 1 aliphatic heterocycles. The topological polar surface area (TPSA) is 62.3 Å². The van der Waals surface area contributed by atoms with Crippen molar-refractivity contribution in [3.05, 3.63) is 65.4 Å². The van der Waals surface area contributed by atoms with Crippen LogP contribution in [0, 0.1) is 0 Å². The van der Waals surface area contributed by atoms with Crippen molar-refractivity contribution in [3.63, 3.8) is 0 Å². The fourth-order valence-electron chi connectivity index (χ4n) is 3.40. The van der Waals surface area contributed by atoms with Gasteiger partial charge in [-0.3, -0.25) is 4.98 Å². The van der Waals surface area contributed by atoms with Gasteiger partial charge in [-0.1, -0.05) is 22.0 Å². The maximum Gasteiger partial charge on any atom is 0.243 e. The van der Waals surface area contributed by atoms with Gasteiger partial charge in [-0.2, -0.15) is 4.31 Å². The Hall–Kier alpha value is -1.96. The van der Waals surface area contributed by atoms with Gasteiger partial charge in [0, 0.05) is 47.1 Å². The largest absolute Gasteiger partial charge is 0.382 e. The van der Waals surface area contributed by atoms with Crippen LogP contribution in [0.15, 0.2) is 70.3 Å². The number of pyridine rings is 1. The standard InChI is InChI=1S/C20H20BrN3O2S/c21-17-2-5-20(6-3-17)27(25,26)24-11-8-18(9-12-24)23-19-4-1-16-14-22-10-7-15(16)13-19/h1-7,10,13-14,18,23H,8-9,11-12H2. The van der Waals surface area contributed by atoms with Gasteiger partial charge in [-0.15, -0.1) is 0 Å². The van der Waals surface area contributed by atoms with Crippen LogP contribution in [-0.4, -0.2) is 36.8 Å². The van der Waals surface area contributed by atoms with Crippen LogP contribution in [0.2, 0.25) is 0 Å². The van der Waals surface area contributed by atoms with E-state index < -0.39 is 10.0 Å². The summed E-state index contributed by atoms with van der Waals surface area (Å²) in [7, 11) is -3.43. The summed E-state index contributed by atoms with van der Waals surface area (Å²) in [5, 5.41) is 5.80. The third-order valence-corrected chi connectivity index (χ3v) is 7.36. The predicted octanol–water partition coefficient (Wildman–Crippen LogP) is 4.26. The first-order chi connectivity index (χ1) is 13.0. The van der Waals surface area contributed by atoms with Crippen LogP contribution in [0.3, 0.4) is 0 Å². The SMILES string of the molecule is O=S(=O)(c1ccc(Br)cc1)N1CCC(Nc2ccc3cnccc3c2)CC1. The van der Waals surface area contributed by atoms with Crippen molar-refractivity contribution in [3.8, 4) is 0 Å². The van der Waals surface area contributed by atoms with Crippen molar-refractivity contribution in [2.75, 3.05) is 18.4 Å². The van der Waals surface area contributed by atoms with E-state index in [9.17, 15) is 8.42 Å². The highest BCUT2D eigenvalue weighted by Gasteiger charge is 2.29. The predicted molar refractivity (Wildman–Crippen MR) is 111 cm³/mol. The minimum Gasteiger partial charge on any atom is -0.382 e. The van der Waals surface area contributed by atoms with E-state index >= 15 is 0 Å². The number of fused-ring (bicyclic) bond motifs is 1. The van der Waals surface area contributed by atoms with E-state index in [-0.39, 0.29) is 6.04 Å². The molecule has 4 rings (SSSR count). The second-order valence-corrected chi connectivity index (χ2v) is 9.57. The molecule has 0 atom stereocenters. The van der Waals surface area contributed by atoms with Crippen molar-refractivity contribution in [2.24, 2.45) is 0 Å². The van der Waals surface area contributed by atoms with E-state index in [0.29, 0.717) is 18.0 Å². The number of rotatable bonds is 4. The number of nitrogens with one attached hydrogen (secondary N) is 1. The molecule has 5 nitrogen and oxygen atoms in total. The molecule has 0 unspecified atom stereocenters. The molecule has 0 bridgehead atoms. The van der Waals surface area contributed by atoms with Crippen LogP contribution in [-0.2, 0) is 10.0 Å². The van der Waals surface area contributed by atoms with Crippen LogP contribution in [0.5, 0.6) is 0 Å². The summed E-state index contributed by atoms with van der Waals surface area (Å²) in [6.45, 7) is 1.04. The van der Waals surface area contributed by atoms with Crippen molar-refractivity contribution < 1.29 is 8.42 Å². The second-order valence-electron chi connectivity index (χ2n) is 6.71. The van der Waals surface area contributed by atoms with Crippen LogP contribution >= 0.6 is 15.9 Å². The molecule has 3 aromatic rings. The van der Waals surface area contributed by atoms with E-state index in [1.54, 1.807) is 34.8 Å².